The summed E-state index contributed by atoms with van der Waals surface area (Å²) in [6.07, 6.45) is 7.03. The molecule has 8 heteroatoms. The first-order chi connectivity index (χ1) is 15.9. The molecular weight excluding hydrogens is 426 g/mol. The molecule has 1 aliphatic carbocycles. The molecular formula is C25H34F2N4O2. The van der Waals surface area contributed by atoms with E-state index in [1.807, 2.05) is 16.7 Å². The second-order valence-corrected chi connectivity index (χ2v) is 10.0. The van der Waals surface area contributed by atoms with Crippen LogP contribution in [0.5, 0.6) is 5.75 Å². The molecule has 3 fully saturated rings. The first-order valence-electron chi connectivity index (χ1n) is 12.4. The van der Waals surface area contributed by atoms with Crippen LogP contribution in [0.4, 0.5) is 8.78 Å². The number of aromatic nitrogens is 2. The minimum atomic E-state index is -2.67. The number of ether oxygens (including phenoxy) is 1. The van der Waals surface area contributed by atoms with Gasteiger partial charge in [-0.25, -0.2) is 13.8 Å². The van der Waals surface area contributed by atoms with Crippen LogP contribution < -0.4 is 4.74 Å². The molecule has 2 aromatic rings. The van der Waals surface area contributed by atoms with E-state index in [0.717, 1.165) is 43.4 Å². The Kier molecular flexibility index (Phi) is 6.29. The van der Waals surface area contributed by atoms with Crippen molar-refractivity contribution >= 4 is 16.9 Å². The Hall–Kier alpha value is -2.22. The molecule has 4 heterocycles. The van der Waals surface area contributed by atoms with Gasteiger partial charge in [-0.2, -0.15) is 0 Å². The lowest BCUT2D eigenvalue weighted by Gasteiger charge is -2.31. The number of fused-ring (bicyclic) bond motifs is 1. The number of likely N-dealkylation sites (tertiary alicyclic amines) is 2. The second-order valence-electron chi connectivity index (χ2n) is 10.0. The van der Waals surface area contributed by atoms with Crippen molar-refractivity contribution in [2.45, 2.75) is 70.4 Å². The molecule has 0 unspecified atom stereocenters. The topological polar surface area (TPSA) is 50.6 Å². The van der Waals surface area contributed by atoms with Crippen molar-refractivity contribution in [1.29, 1.82) is 0 Å². The van der Waals surface area contributed by atoms with Crippen LogP contribution in [0.3, 0.4) is 0 Å². The van der Waals surface area contributed by atoms with Crippen LogP contribution >= 0.6 is 0 Å². The molecule has 2 aromatic heterocycles. The van der Waals surface area contributed by atoms with Gasteiger partial charge in [0.05, 0.1) is 12.8 Å². The van der Waals surface area contributed by atoms with Gasteiger partial charge in [0, 0.05) is 50.4 Å². The fraction of sp³-hybridized carbons (Fsp3) is 0.680. The van der Waals surface area contributed by atoms with E-state index in [2.05, 4.69) is 16.8 Å². The third kappa shape index (κ3) is 5.15. The van der Waals surface area contributed by atoms with E-state index in [4.69, 9.17) is 4.74 Å². The fourth-order valence-electron chi connectivity index (χ4n) is 5.11. The zero-order valence-corrected chi connectivity index (χ0v) is 19.4. The van der Waals surface area contributed by atoms with Gasteiger partial charge in [0.2, 0.25) is 0 Å². The van der Waals surface area contributed by atoms with E-state index < -0.39 is 5.92 Å². The molecule has 2 saturated heterocycles. The highest BCUT2D eigenvalue weighted by atomic mass is 19.3. The fourth-order valence-corrected chi connectivity index (χ4v) is 5.11. The Morgan fingerprint density at radius 3 is 2.67 bits per heavy atom. The lowest BCUT2D eigenvalue weighted by molar-refractivity contribution is -0.0495. The average molecular weight is 461 g/mol. The average Bonchev–Trinajstić information content (AvgIpc) is 3.41. The number of carbonyl (C=O) groups is 1. The molecule has 3 aliphatic rings. The van der Waals surface area contributed by atoms with Gasteiger partial charge in [0.25, 0.3) is 11.8 Å². The van der Waals surface area contributed by atoms with Gasteiger partial charge in [-0.15, -0.1) is 0 Å². The number of amides is 1. The number of rotatable bonds is 8. The molecule has 180 valence electrons. The highest BCUT2D eigenvalue weighted by molar-refractivity contribution is 5.98. The van der Waals surface area contributed by atoms with E-state index in [1.54, 1.807) is 11.1 Å². The Balaban J connectivity index is 1.28. The molecule has 1 saturated carbocycles. The summed E-state index contributed by atoms with van der Waals surface area (Å²) in [6.45, 7) is 6.06. The maximum Gasteiger partial charge on any atom is 0.270 e. The van der Waals surface area contributed by atoms with Crippen molar-refractivity contribution in [1.82, 2.24) is 19.4 Å². The quantitative estimate of drug-likeness (QED) is 0.542. The van der Waals surface area contributed by atoms with Crippen LogP contribution in [0.1, 0.15) is 62.4 Å². The predicted molar refractivity (Wildman–Crippen MR) is 123 cm³/mol. The Morgan fingerprint density at radius 2 is 1.97 bits per heavy atom. The largest absolute Gasteiger partial charge is 0.492 e. The number of halogens is 2. The van der Waals surface area contributed by atoms with Crippen LogP contribution in [0.2, 0.25) is 0 Å². The SMILES string of the molecule is C[C@@H]1CCCN1CCCOc1cnc2c(c1)cc(C(=O)N1CCC(F)(F)CC1)n2CC1CC1. The normalized spacial score (nSPS) is 23.4. The van der Waals surface area contributed by atoms with Gasteiger partial charge in [0.15, 0.2) is 0 Å². The van der Waals surface area contributed by atoms with Crippen molar-refractivity contribution < 1.29 is 18.3 Å². The Morgan fingerprint density at radius 1 is 1.18 bits per heavy atom. The highest BCUT2D eigenvalue weighted by Gasteiger charge is 2.37. The van der Waals surface area contributed by atoms with Gasteiger partial charge < -0.3 is 19.1 Å². The maximum atomic E-state index is 13.6. The first kappa shape index (κ1) is 22.6. The van der Waals surface area contributed by atoms with Gasteiger partial charge >= 0.3 is 0 Å². The van der Waals surface area contributed by atoms with Crippen molar-refractivity contribution in [3.05, 3.63) is 24.0 Å². The molecule has 0 spiro atoms. The third-order valence-electron chi connectivity index (χ3n) is 7.40. The summed E-state index contributed by atoms with van der Waals surface area (Å²) in [5.41, 5.74) is 1.32. The predicted octanol–water partition coefficient (Wildman–Crippen LogP) is 4.57. The highest BCUT2D eigenvalue weighted by Crippen LogP contribution is 2.34. The number of piperidine rings is 1. The summed E-state index contributed by atoms with van der Waals surface area (Å²) >= 11 is 0. The van der Waals surface area contributed by atoms with Crippen molar-refractivity contribution in [3.63, 3.8) is 0 Å². The monoisotopic (exact) mass is 460 g/mol. The number of nitrogens with zero attached hydrogens (tertiary/aromatic N) is 4. The van der Waals surface area contributed by atoms with E-state index >= 15 is 0 Å². The smallest absolute Gasteiger partial charge is 0.270 e. The van der Waals surface area contributed by atoms with E-state index in [1.165, 1.54) is 19.4 Å². The minimum Gasteiger partial charge on any atom is -0.492 e. The molecule has 2 aliphatic heterocycles. The Bertz CT molecular complexity index is 994. The number of pyridine rings is 1. The summed E-state index contributed by atoms with van der Waals surface area (Å²) in [7, 11) is 0. The Labute approximate surface area is 193 Å². The summed E-state index contributed by atoms with van der Waals surface area (Å²) in [4.78, 5) is 22.0. The molecule has 0 bridgehead atoms. The third-order valence-corrected chi connectivity index (χ3v) is 7.40. The van der Waals surface area contributed by atoms with Crippen LogP contribution in [0.25, 0.3) is 11.0 Å². The molecule has 0 radical (unpaired) electrons. The molecule has 1 atom stereocenters. The number of alkyl halides is 2. The van der Waals surface area contributed by atoms with Gasteiger partial charge in [-0.05, 0) is 63.6 Å². The van der Waals surface area contributed by atoms with Crippen LogP contribution in [-0.4, -0.2) is 70.0 Å². The van der Waals surface area contributed by atoms with Gasteiger partial charge in [0.1, 0.15) is 17.1 Å². The first-order valence-corrected chi connectivity index (χ1v) is 12.4. The molecule has 33 heavy (non-hydrogen) atoms. The zero-order chi connectivity index (χ0) is 23.0. The van der Waals surface area contributed by atoms with Crippen molar-refractivity contribution in [3.8, 4) is 5.75 Å². The van der Waals surface area contributed by atoms with Crippen molar-refractivity contribution in [2.75, 3.05) is 32.8 Å². The zero-order valence-electron chi connectivity index (χ0n) is 19.4. The van der Waals surface area contributed by atoms with Crippen molar-refractivity contribution in [2.24, 2.45) is 5.92 Å². The summed E-state index contributed by atoms with van der Waals surface area (Å²) in [5, 5.41) is 0.868. The maximum absolute atomic E-state index is 13.6. The lowest BCUT2D eigenvalue weighted by atomic mass is 10.1. The number of carbonyl (C=O) groups excluding carboxylic acids is 1. The summed E-state index contributed by atoms with van der Waals surface area (Å²) in [5.74, 6) is -1.58. The van der Waals surface area contributed by atoms with E-state index in [-0.39, 0.29) is 31.8 Å². The molecule has 0 aromatic carbocycles. The molecule has 6 nitrogen and oxygen atoms in total. The molecule has 1 amide bonds. The lowest BCUT2D eigenvalue weighted by Crippen LogP contribution is -2.43. The van der Waals surface area contributed by atoms with Crippen LogP contribution in [0, 0.1) is 5.92 Å². The van der Waals surface area contributed by atoms with E-state index in [9.17, 15) is 13.6 Å². The number of hydrogen-bond donors (Lipinski definition) is 0. The van der Waals surface area contributed by atoms with Gasteiger partial charge in [-0.3, -0.25) is 4.79 Å². The minimum absolute atomic E-state index is 0.0915. The van der Waals surface area contributed by atoms with Gasteiger partial charge in [-0.1, -0.05) is 0 Å². The molecule has 5 rings (SSSR count). The van der Waals surface area contributed by atoms with Crippen LogP contribution in [-0.2, 0) is 6.54 Å². The second kappa shape index (κ2) is 9.20. The summed E-state index contributed by atoms with van der Waals surface area (Å²) < 4.78 is 35.1. The number of hydrogen-bond acceptors (Lipinski definition) is 4. The summed E-state index contributed by atoms with van der Waals surface area (Å²) in [6, 6.07) is 4.47. The standard InChI is InChI=1S/C25H34F2N4O2/c1-18-4-2-9-29(18)10-3-13-33-21-14-20-15-22(24(32)30-11-7-25(26,27)8-12-30)31(17-19-5-6-19)23(20)28-16-21/h14-16,18-19H,2-13,17H2,1H3/t18-/m1/s1. The van der Waals surface area contributed by atoms with E-state index in [0.29, 0.717) is 30.0 Å². The van der Waals surface area contributed by atoms with Crippen LogP contribution in [0.15, 0.2) is 18.3 Å². The molecule has 0 N–H and O–H groups in total.